The van der Waals surface area contributed by atoms with Gasteiger partial charge in [0.1, 0.15) is 0 Å². The van der Waals surface area contributed by atoms with E-state index in [0.717, 1.165) is 25.6 Å². The van der Waals surface area contributed by atoms with Crippen molar-refractivity contribution in [2.75, 3.05) is 38.7 Å². The number of nitrogens with zero attached hydrogens (tertiary/aromatic N) is 1. The zero-order valence-electron chi connectivity index (χ0n) is 13.3. The first-order valence-electron chi connectivity index (χ1n) is 8.35. The van der Waals surface area contributed by atoms with Crippen LogP contribution in [0.5, 0.6) is 0 Å². The fourth-order valence-electron chi connectivity index (χ4n) is 3.54. The van der Waals surface area contributed by atoms with Crippen LogP contribution in [0.3, 0.4) is 0 Å². The molecule has 1 aromatic carbocycles. The Balaban J connectivity index is 1.56. The molecule has 0 amide bonds. The monoisotopic (exact) mass is 288 g/mol. The lowest BCUT2D eigenvalue weighted by atomic mass is 9.97. The average molecular weight is 288 g/mol. The van der Waals surface area contributed by atoms with E-state index in [-0.39, 0.29) is 0 Å². The molecule has 3 nitrogen and oxygen atoms in total. The van der Waals surface area contributed by atoms with E-state index in [2.05, 4.69) is 41.4 Å². The predicted molar refractivity (Wildman–Crippen MR) is 87.9 cm³/mol. The van der Waals surface area contributed by atoms with Crippen molar-refractivity contribution in [3.63, 3.8) is 0 Å². The standard InChI is InChI=1S/C18H28N2O/c1-14(15-7-8-15)20(11-12-21-2)10-9-16-13-19-18-6-4-3-5-17(16)18/h3-6,14-16,19H,7-13H2,1-2H3. The van der Waals surface area contributed by atoms with Crippen LogP contribution in [0.4, 0.5) is 5.69 Å². The Kier molecular flexibility index (Phi) is 4.81. The lowest BCUT2D eigenvalue weighted by Gasteiger charge is -2.30. The minimum Gasteiger partial charge on any atom is -0.384 e. The van der Waals surface area contributed by atoms with Gasteiger partial charge in [-0.05, 0) is 50.3 Å². The van der Waals surface area contributed by atoms with E-state index in [0.29, 0.717) is 12.0 Å². The predicted octanol–water partition coefficient (Wildman–Crippen LogP) is 3.33. The largest absolute Gasteiger partial charge is 0.384 e. The minimum atomic E-state index is 0.664. The molecule has 1 aliphatic carbocycles. The van der Waals surface area contributed by atoms with Gasteiger partial charge >= 0.3 is 0 Å². The zero-order chi connectivity index (χ0) is 14.7. The molecule has 0 bridgehead atoms. The Bertz CT molecular complexity index is 458. The van der Waals surface area contributed by atoms with Gasteiger partial charge in [-0.2, -0.15) is 0 Å². The molecule has 2 unspecified atom stereocenters. The highest BCUT2D eigenvalue weighted by atomic mass is 16.5. The number of hydrogen-bond acceptors (Lipinski definition) is 3. The second-order valence-corrected chi connectivity index (χ2v) is 6.56. The van der Waals surface area contributed by atoms with Gasteiger partial charge in [-0.1, -0.05) is 18.2 Å². The van der Waals surface area contributed by atoms with Crippen LogP contribution >= 0.6 is 0 Å². The van der Waals surface area contributed by atoms with Crippen LogP contribution in [0.2, 0.25) is 0 Å². The number of ether oxygens (including phenoxy) is 1. The van der Waals surface area contributed by atoms with E-state index in [1.807, 2.05) is 0 Å². The summed E-state index contributed by atoms with van der Waals surface area (Å²) >= 11 is 0. The third kappa shape index (κ3) is 3.58. The second-order valence-electron chi connectivity index (χ2n) is 6.56. The smallest absolute Gasteiger partial charge is 0.0589 e. The molecular weight excluding hydrogens is 260 g/mol. The normalized spacial score (nSPS) is 22.1. The van der Waals surface area contributed by atoms with Gasteiger partial charge in [0.2, 0.25) is 0 Å². The van der Waals surface area contributed by atoms with Crippen molar-refractivity contribution in [2.45, 2.75) is 38.1 Å². The molecule has 2 aliphatic rings. The maximum Gasteiger partial charge on any atom is 0.0589 e. The lowest BCUT2D eigenvalue weighted by Crippen LogP contribution is -2.38. The van der Waals surface area contributed by atoms with Crippen LogP contribution in [0.15, 0.2) is 24.3 Å². The molecule has 3 rings (SSSR count). The second kappa shape index (κ2) is 6.80. The minimum absolute atomic E-state index is 0.664. The highest BCUT2D eigenvalue weighted by Gasteiger charge is 2.32. The molecule has 1 heterocycles. The van der Waals surface area contributed by atoms with Gasteiger partial charge in [0.05, 0.1) is 6.61 Å². The summed E-state index contributed by atoms with van der Waals surface area (Å²) in [7, 11) is 1.80. The topological polar surface area (TPSA) is 24.5 Å². The Labute approximate surface area is 128 Å². The van der Waals surface area contributed by atoms with Gasteiger partial charge in [-0.15, -0.1) is 0 Å². The molecule has 1 fully saturated rings. The Hall–Kier alpha value is -1.06. The van der Waals surface area contributed by atoms with Gasteiger partial charge in [0.25, 0.3) is 0 Å². The van der Waals surface area contributed by atoms with E-state index in [1.165, 1.54) is 37.1 Å². The van der Waals surface area contributed by atoms with Crippen molar-refractivity contribution < 1.29 is 4.74 Å². The molecule has 21 heavy (non-hydrogen) atoms. The summed E-state index contributed by atoms with van der Waals surface area (Å²) in [5.41, 5.74) is 2.84. The summed E-state index contributed by atoms with van der Waals surface area (Å²) in [6, 6.07) is 9.47. The molecule has 0 radical (unpaired) electrons. The molecule has 3 heteroatoms. The highest BCUT2D eigenvalue weighted by molar-refractivity contribution is 5.57. The lowest BCUT2D eigenvalue weighted by molar-refractivity contribution is 0.114. The molecule has 1 aromatic rings. The first-order valence-corrected chi connectivity index (χ1v) is 8.35. The van der Waals surface area contributed by atoms with Crippen molar-refractivity contribution >= 4 is 5.69 Å². The van der Waals surface area contributed by atoms with E-state index < -0.39 is 0 Å². The number of methoxy groups -OCH3 is 1. The summed E-state index contributed by atoms with van der Waals surface area (Å²) in [4.78, 5) is 2.64. The molecular formula is C18H28N2O. The van der Waals surface area contributed by atoms with Crippen LogP contribution in [0, 0.1) is 5.92 Å². The summed E-state index contributed by atoms with van der Waals surface area (Å²) in [5.74, 6) is 1.59. The van der Waals surface area contributed by atoms with Crippen molar-refractivity contribution in [3.8, 4) is 0 Å². The Morgan fingerprint density at radius 3 is 2.86 bits per heavy atom. The van der Waals surface area contributed by atoms with Gasteiger partial charge < -0.3 is 10.1 Å². The van der Waals surface area contributed by atoms with E-state index in [4.69, 9.17) is 4.74 Å². The SMILES string of the molecule is COCCN(CCC1CNc2ccccc21)C(C)C1CC1. The molecule has 0 aromatic heterocycles. The number of nitrogens with one attached hydrogen (secondary N) is 1. The summed E-state index contributed by atoms with van der Waals surface area (Å²) < 4.78 is 5.30. The molecule has 116 valence electrons. The maximum atomic E-state index is 5.30. The van der Waals surface area contributed by atoms with Gasteiger partial charge in [-0.25, -0.2) is 0 Å². The molecule has 0 spiro atoms. The van der Waals surface area contributed by atoms with Crippen molar-refractivity contribution in [2.24, 2.45) is 5.92 Å². The average Bonchev–Trinajstić information content (AvgIpc) is 3.28. The van der Waals surface area contributed by atoms with Crippen molar-refractivity contribution in [1.82, 2.24) is 4.90 Å². The number of benzene rings is 1. The third-order valence-corrected chi connectivity index (χ3v) is 5.17. The van der Waals surface area contributed by atoms with E-state index in [1.54, 1.807) is 7.11 Å². The van der Waals surface area contributed by atoms with E-state index >= 15 is 0 Å². The molecule has 1 N–H and O–H groups in total. The molecule has 2 atom stereocenters. The fraction of sp³-hybridized carbons (Fsp3) is 0.667. The highest BCUT2D eigenvalue weighted by Crippen LogP contribution is 2.37. The molecule has 1 aliphatic heterocycles. The number of para-hydroxylation sites is 1. The van der Waals surface area contributed by atoms with Crippen LogP contribution in [0.25, 0.3) is 0 Å². The van der Waals surface area contributed by atoms with Crippen LogP contribution in [-0.2, 0) is 4.74 Å². The number of anilines is 1. The van der Waals surface area contributed by atoms with Crippen LogP contribution in [-0.4, -0.2) is 44.3 Å². The Morgan fingerprint density at radius 2 is 2.10 bits per heavy atom. The van der Waals surface area contributed by atoms with Crippen LogP contribution < -0.4 is 5.32 Å². The Morgan fingerprint density at radius 1 is 1.29 bits per heavy atom. The quantitative estimate of drug-likeness (QED) is 0.794. The molecule has 1 saturated carbocycles. The summed E-state index contributed by atoms with van der Waals surface area (Å²) in [6.45, 7) is 6.58. The van der Waals surface area contributed by atoms with Crippen molar-refractivity contribution in [3.05, 3.63) is 29.8 Å². The summed E-state index contributed by atoms with van der Waals surface area (Å²) in [5, 5.41) is 3.54. The van der Waals surface area contributed by atoms with Gasteiger partial charge in [-0.3, -0.25) is 4.90 Å². The number of hydrogen-bond donors (Lipinski definition) is 1. The zero-order valence-corrected chi connectivity index (χ0v) is 13.3. The first kappa shape index (κ1) is 14.9. The number of fused-ring (bicyclic) bond motifs is 1. The molecule has 0 saturated heterocycles. The van der Waals surface area contributed by atoms with Gasteiger partial charge in [0, 0.05) is 37.8 Å². The maximum absolute atomic E-state index is 5.30. The summed E-state index contributed by atoms with van der Waals surface area (Å²) in [6.07, 6.45) is 4.07. The van der Waals surface area contributed by atoms with Gasteiger partial charge in [0.15, 0.2) is 0 Å². The van der Waals surface area contributed by atoms with Crippen LogP contribution in [0.1, 0.15) is 37.7 Å². The van der Waals surface area contributed by atoms with E-state index in [9.17, 15) is 0 Å². The van der Waals surface area contributed by atoms with Crippen molar-refractivity contribution in [1.29, 1.82) is 0 Å². The fourth-order valence-corrected chi connectivity index (χ4v) is 3.54. The first-order chi connectivity index (χ1) is 10.3. The number of rotatable bonds is 8. The third-order valence-electron chi connectivity index (χ3n) is 5.17.